The van der Waals surface area contributed by atoms with Crippen LogP contribution in [0.1, 0.15) is 25.0 Å². The number of hydrogen-bond donors (Lipinski definition) is 0. The maximum atomic E-state index is 2.58. The third-order valence-electron chi connectivity index (χ3n) is 12.7. The minimum atomic E-state index is -0.115. The summed E-state index contributed by atoms with van der Waals surface area (Å²) in [5.41, 5.74) is 16.8. The van der Waals surface area contributed by atoms with E-state index in [1.807, 2.05) is 0 Å². The predicted molar refractivity (Wildman–Crippen MR) is 247 cm³/mol. The number of fused-ring (bicyclic) bond motifs is 9. The third-order valence-corrected chi connectivity index (χ3v) is 12.7. The zero-order chi connectivity index (χ0) is 36.9. The Morgan fingerprint density at radius 2 is 0.907 bits per heavy atom. The van der Waals surface area contributed by atoms with Gasteiger partial charge >= 0.3 is 0 Å². The molecule has 0 unspecified atom stereocenters. The normalized spacial score (nSPS) is 13.1. The fraction of sp³-hybridized carbons (Fsp3) is 0.0612. The average Bonchev–Trinajstić information content (AvgIpc) is 3.44. The summed E-state index contributed by atoms with van der Waals surface area (Å²) in [7, 11) is 9.36. The summed E-state index contributed by atoms with van der Waals surface area (Å²) < 4.78 is 0. The number of anilines is 3. The van der Waals surface area contributed by atoms with Gasteiger partial charge in [-0.15, -0.1) is 0 Å². The SMILES string of the molecule is Bc1c(B)c(N(c2ccc3c(c2)C(C)(C)c2ccccc2-3)c2cc3ccccc3c3ccccc23)c(B)c(B)c1-c1cc2ccccc2c2ccccc12. The highest BCUT2D eigenvalue weighted by Crippen LogP contribution is 2.51. The number of hydrogen-bond acceptors (Lipinski definition) is 1. The molecule has 0 saturated heterocycles. The van der Waals surface area contributed by atoms with Gasteiger partial charge in [0, 0.05) is 22.2 Å². The molecule has 0 atom stereocenters. The summed E-state index contributed by atoms with van der Waals surface area (Å²) in [5, 5.41) is 10.2. The standard InChI is InChI=1S/C49H39B4N/c1-49(2)40-22-12-11-20-36(40)37-24-23-30(27-41(37)49)54(42-26-29-14-4-6-16-32(29)34-18-9-10-21-38(34)42)48-46(52)44(50)43(45(51)47(48)53)39-25-28-13-3-5-15-31(28)33-17-7-8-19-35(33)39/h3-27H,50-53H2,1-2H3. The van der Waals surface area contributed by atoms with E-state index in [1.54, 1.807) is 0 Å². The van der Waals surface area contributed by atoms with Gasteiger partial charge in [0.15, 0.2) is 0 Å². The fourth-order valence-corrected chi connectivity index (χ4v) is 9.73. The molecule has 5 heteroatoms. The van der Waals surface area contributed by atoms with Gasteiger partial charge in [0.25, 0.3) is 0 Å². The highest BCUT2D eigenvalue weighted by molar-refractivity contribution is 6.63. The third kappa shape index (κ3) is 4.64. The summed E-state index contributed by atoms with van der Waals surface area (Å²) in [6, 6.07) is 56.5. The van der Waals surface area contributed by atoms with Crippen molar-refractivity contribution in [2.45, 2.75) is 19.3 Å². The van der Waals surface area contributed by atoms with Crippen molar-refractivity contribution < 1.29 is 0 Å². The monoisotopic (exact) mass is 685 g/mol. The van der Waals surface area contributed by atoms with Crippen molar-refractivity contribution in [1.82, 2.24) is 0 Å². The van der Waals surface area contributed by atoms with Crippen LogP contribution in [0.5, 0.6) is 0 Å². The van der Waals surface area contributed by atoms with E-state index >= 15 is 0 Å². The van der Waals surface area contributed by atoms with Crippen LogP contribution in [0.15, 0.2) is 152 Å². The zero-order valence-corrected chi connectivity index (χ0v) is 31.9. The van der Waals surface area contributed by atoms with Crippen molar-refractivity contribution in [2.24, 2.45) is 0 Å². The van der Waals surface area contributed by atoms with Gasteiger partial charge in [0.05, 0.1) is 5.69 Å². The molecular weight excluding hydrogens is 646 g/mol. The summed E-state index contributed by atoms with van der Waals surface area (Å²) in [5.74, 6) is 0. The second-order valence-corrected chi connectivity index (χ2v) is 15.8. The van der Waals surface area contributed by atoms with Crippen LogP contribution < -0.4 is 26.8 Å². The van der Waals surface area contributed by atoms with E-state index in [1.165, 1.54) is 115 Å². The van der Waals surface area contributed by atoms with Crippen LogP contribution in [0.3, 0.4) is 0 Å². The van der Waals surface area contributed by atoms with Crippen molar-refractivity contribution in [2.75, 3.05) is 4.90 Å². The first-order valence-electron chi connectivity index (χ1n) is 19.2. The molecule has 0 amide bonds. The number of benzene rings is 9. The lowest BCUT2D eigenvalue weighted by Gasteiger charge is -2.34. The molecule has 1 nitrogen and oxygen atoms in total. The zero-order valence-electron chi connectivity index (χ0n) is 31.9. The van der Waals surface area contributed by atoms with Gasteiger partial charge in [-0.2, -0.15) is 0 Å². The molecule has 0 bridgehead atoms. The summed E-state index contributed by atoms with van der Waals surface area (Å²) in [4.78, 5) is 2.58. The van der Waals surface area contributed by atoms with Gasteiger partial charge in [-0.1, -0.05) is 163 Å². The molecule has 0 radical (unpaired) electrons. The summed E-state index contributed by atoms with van der Waals surface area (Å²) >= 11 is 0. The van der Waals surface area contributed by atoms with Crippen LogP contribution in [0.4, 0.5) is 17.1 Å². The van der Waals surface area contributed by atoms with Crippen molar-refractivity contribution in [3.05, 3.63) is 163 Å². The maximum Gasteiger partial charge on any atom is 0.141 e. The largest absolute Gasteiger partial charge is 0.311 e. The van der Waals surface area contributed by atoms with E-state index in [0.717, 1.165) is 0 Å². The molecule has 0 spiro atoms. The fourth-order valence-electron chi connectivity index (χ4n) is 9.73. The molecule has 0 saturated carbocycles. The smallest absolute Gasteiger partial charge is 0.141 e. The van der Waals surface area contributed by atoms with Crippen LogP contribution in [-0.4, -0.2) is 31.4 Å². The Bertz CT molecular complexity index is 3010. The van der Waals surface area contributed by atoms with Crippen LogP contribution >= 0.6 is 0 Å². The Hall–Kier alpha value is -5.92. The van der Waals surface area contributed by atoms with Crippen molar-refractivity contribution in [1.29, 1.82) is 0 Å². The van der Waals surface area contributed by atoms with Gasteiger partial charge in [0.2, 0.25) is 0 Å². The van der Waals surface area contributed by atoms with Crippen molar-refractivity contribution >= 4 is 113 Å². The lowest BCUT2D eigenvalue weighted by molar-refractivity contribution is 0.660. The molecule has 0 fully saturated rings. The van der Waals surface area contributed by atoms with Gasteiger partial charge < -0.3 is 4.90 Å². The Kier molecular flexibility index (Phi) is 7.30. The molecule has 9 aromatic carbocycles. The average molecular weight is 685 g/mol. The first-order chi connectivity index (χ1) is 26.2. The molecule has 252 valence electrons. The van der Waals surface area contributed by atoms with Gasteiger partial charge in [0.1, 0.15) is 31.4 Å². The molecule has 0 heterocycles. The lowest BCUT2D eigenvalue weighted by atomic mass is 9.64. The van der Waals surface area contributed by atoms with E-state index in [0.29, 0.717) is 0 Å². The van der Waals surface area contributed by atoms with E-state index in [4.69, 9.17) is 0 Å². The maximum absolute atomic E-state index is 2.58. The van der Waals surface area contributed by atoms with Crippen molar-refractivity contribution in [3.63, 3.8) is 0 Å². The molecule has 1 aliphatic carbocycles. The first kappa shape index (κ1) is 32.7. The van der Waals surface area contributed by atoms with E-state index in [2.05, 4.69) is 202 Å². The number of nitrogens with zero attached hydrogens (tertiary/aromatic N) is 1. The van der Waals surface area contributed by atoms with Gasteiger partial charge in [-0.25, -0.2) is 0 Å². The topological polar surface area (TPSA) is 3.24 Å². The van der Waals surface area contributed by atoms with Gasteiger partial charge in [-0.05, 0) is 95.3 Å². The van der Waals surface area contributed by atoms with E-state index in [-0.39, 0.29) is 5.41 Å². The summed E-state index contributed by atoms with van der Waals surface area (Å²) in [6.07, 6.45) is 0. The highest BCUT2D eigenvalue weighted by atomic mass is 15.1. The molecule has 10 rings (SSSR count). The van der Waals surface area contributed by atoms with E-state index in [9.17, 15) is 0 Å². The van der Waals surface area contributed by atoms with Crippen LogP contribution in [0, 0.1) is 0 Å². The Balaban J connectivity index is 1.28. The van der Waals surface area contributed by atoms with Crippen LogP contribution in [-0.2, 0) is 5.41 Å². The number of rotatable bonds is 4. The van der Waals surface area contributed by atoms with Crippen LogP contribution in [0.25, 0.3) is 65.3 Å². The minimum absolute atomic E-state index is 0.115. The molecule has 0 aromatic heterocycles. The Morgan fingerprint density at radius 3 is 1.57 bits per heavy atom. The highest BCUT2D eigenvalue weighted by Gasteiger charge is 2.36. The first-order valence-corrected chi connectivity index (χ1v) is 19.2. The van der Waals surface area contributed by atoms with Gasteiger partial charge in [-0.3, -0.25) is 0 Å². The quantitative estimate of drug-likeness (QED) is 0.146. The minimum Gasteiger partial charge on any atom is -0.311 e. The molecular formula is C49H39B4N. The molecule has 0 aliphatic heterocycles. The Labute approximate surface area is 321 Å². The van der Waals surface area contributed by atoms with E-state index < -0.39 is 0 Å². The summed E-state index contributed by atoms with van der Waals surface area (Å²) in [6.45, 7) is 4.76. The molecule has 1 aliphatic rings. The second kappa shape index (κ2) is 12.1. The van der Waals surface area contributed by atoms with Crippen LogP contribution in [0.2, 0.25) is 0 Å². The second-order valence-electron chi connectivity index (χ2n) is 15.8. The Morgan fingerprint density at radius 1 is 0.407 bits per heavy atom. The molecule has 54 heavy (non-hydrogen) atoms. The van der Waals surface area contributed by atoms with Crippen molar-refractivity contribution in [3.8, 4) is 22.3 Å². The molecule has 9 aromatic rings. The molecule has 0 N–H and O–H groups in total. The lowest BCUT2D eigenvalue weighted by Crippen LogP contribution is -2.46. The predicted octanol–water partition coefficient (Wildman–Crippen LogP) is 6.78.